The topological polar surface area (TPSA) is 35.2 Å². The minimum Gasteiger partial charge on any atom is -0.489 e. The fourth-order valence-corrected chi connectivity index (χ4v) is 1.75. The fraction of sp³-hybridized carbons (Fsp3) is 0.200. The smallest absolute Gasteiger partial charge is 0.124 e. The molecule has 0 spiro atoms. The van der Waals surface area contributed by atoms with Crippen molar-refractivity contribution in [3.05, 3.63) is 65.2 Å². The highest BCUT2D eigenvalue weighted by Crippen LogP contribution is 2.25. The first-order chi connectivity index (χ1) is 9.06. The van der Waals surface area contributed by atoms with Crippen molar-refractivity contribution in [2.75, 3.05) is 0 Å². The minimum atomic E-state index is -0.346. The van der Waals surface area contributed by atoms with E-state index in [1.54, 1.807) is 25.1 Å². The Hall–Kier alpha value is -1.94. The van der Waals surface area contributed by atoms with E-state index in [2.05, 4.69) is 0 Å². The Morgan fingerprint density at radius 2 is 1.68 bits per heavy atom. The molecule has 2 aromatic carbocycles. The van der Waals surface area contributed by atoms with Crippen LogP contribution in [0.5, 0.6) is 5.75 Å². The summed E-state index contributed by atoms with van der Waals surface area (Å²) in [4.78, 5) is 0. The molecule has 0 fully saturated rings. The van der Waals surface area contributed by atoms with Crippen LogP contribution in [0, 0.1) is 11.6 Å². The molecule has 2 N–H and O–H groups in total. The van der Waals surface area contributed by atoms with Crippen LogP contribution in [0.2, 0.25) is 0 Å². The van der Waals surface area contributed by atoms with E-state index >= 15 is 0 Å². The zero-order valence-electron chi connectivity index (χ0n) is 10.6. The molecule has 100 valence electrons. The van der Waals surface area contributed by atoms with E-state index in [9.17, 15) is 8.78 Å². The number of nitrogens with two attached hydrogens (primary N) is 1. The van der Waals surface area contributed by atoms with Gasteiger partial charge in [-0.25, -0.2) is 8.78 Å². The Kier molecular flexibility index (Phi) is 4.12. The van der Waals surface area contributed by atoms with Gasteiger partial charge < -0.3 is 10.5 Å². The first-order valence-electron chi connectivity index (χ1n) is 5.98. The van der Waals surface area contributed by atoms with Gasteiger partial charge in [-0.3, -0.25) is 0 Å². The Bertz CT molecular complexity index is 553. The summed E-state index contributed by atoms with van der Waals surface area (Å²) in [5.74, 6) is -0.0936. The molecule has 4 heteroatoms. The van der Waals surface area contributed by atoms with Crippen molar-refractivity contribution in [1.29, 1.82) is 0 Å². The van der Waals surface area contributed by atoms with E-state index in [0.29, 0.717) is 11.3 Å². The molecular weight excluding hydrogens is 248 g/mol. The normalized spacial score (nSPS) is 12.2. The van der Waals surface area contributed by atoms with Crippen molar-refractivity contribution < 1.29 is 13.5 Å². The van der Waals surface area contributed by atoms with Gasteiger partial charge in [0.15, 0.2) is 0 Å². The maximum Gasteiger partial charge on any atom is 0.124 e. The third-order valence-electron chi connectivity index (χ3n) is 2.77. The molecular formula is C15H15F2NO. The second-order valence-corrected chi connectivity index (χ2v) is 4.39. The molecule has 0 aliphatic carbocycles. The van der Waals surface area contributed by atoms with Crippen molar-refractivity contribution in [2.45, 2.75) is 19.6 Å². The second kappa shape index (κ2) is 5.80. The molecule has 0 aliphatic heterocycles. The number of halogens is 2. The summed E-state index contributed by atoms with van der Waals surface area (Å²) in [5, 5.41) is 0. The number of ether oxygens (including phenoxy) is 1. The van der Waals surface area contributed by atoms with Crippen LogP contribution >= 0.6 is 0 Å². The molecule has 0 radical (unpaired) electrons. The molecule has 0 saturated carbocycles. The summed E-state index contributed by atoms with van der Waals surface area (Å²) < 4.78 is 31.5. The monoisotopic (exact) mass is 263 g/mol. The van der Waals surface area contributed by atoms with Crippen LogP contribution in [0.1, 0.15) is 24.1 Å². The molecule has 0 unspecified atom stereocenters. The Morgan fingerprint density at radius 3 is 2.32 bits per heavy atom. The van der Waals surface area contributed by atoms with Crippen molar-refractivity contribution in [3.63, 3.8) is 0 Å². The van der Waals surface area contributed by atoms with Crippen molar-refractivity contribution >= 4 is 0 Å². The Balaban J connectivity index is 2.13. The lowest BCUT2D eigenvalue weighted by Gasteiger charge is -2.14. The largest absolute Gasteiger partial charge is 0.489 e. The number of hydrogen-bond acceptors (Lipinski definition) is 2. The van der Waals surface area contributed by atoms with Gasteiger partial charge >= 0.3 is 0 Å². The van der Waals surface area contributed by atoms with Gasteiger partial charge in [-0.1, -0.05) is 12.1 Å². The molecule has 0 heterocycles. The average Bonchev–Trinajstić information content (AvgIpc) is 2.39. The summed E-state index contributed by atoms with van der Waals surface area (Å²) >= 11 is 0. The summed E-state index contributed by atoms with van der Waals surface area (Å²) in [6.07, 6.45) is 0. The van der Waals surface area contributed by atoms with Crippen molar-refractivity contribution in [1.82, 2.24) is 0 Å². The van der Waals surface area contributed by atoms with E-state index in [1.165, 1.54) is 24.3 Å². The predicted octanol–water partition coefficient (Wildman–Crippen LogP) is 3.56. The van der Waals surface area contributed by atoms with Crippen LogP contribution in [-0.2, 0) is 6.61 Å². The van der Waals surface area contributed by atoms with Crippen LogP contribution < -0.4 is 10.5 Å². The zero-order chi connectivity index (χ0) is 13.8. The molecule has 0 aromatic heterocycles. The third-order valence-corrected chi connectivity index (χ3v) is 2.77. The summed E-state index contributed by atoms with van der Waals surface area (Å²) in [5.41, 5.74) is 7.22. The van der Waals surface area contributed by atoms with Crippen molar-refractivity contribution in [2.24, 2.45) is 5.73 Å². The van der Waals surface area contributed by atoms with E-state index in [1.807, 2.05) is 0 Å². The van der Waals surface area contributed by atoms with Crippen molar-refractivity contribution in [3.8, 4) is 5.75 Å². The number of hydrogen-bond donors (Lipinski definition) is 1. The molecule has 2 nitrogen and oxygen atoms in total. The van der Waals surface area contributed by atoms with Crippen LogP contribution in [0.3, 0.4) is 0 Å². The summed E-state index contributed by atoms with van der Waals surface area (Å²) in [6, 6.07) is 9.95. The molecule has 0 amide bonds. The fourth-order valence-electron chi connectivity index (χ4n) is 1.75. The SMILES string of the molecule is C[C@H](N)c1cc(F)ccc1OCc1ccc(F)cc1. The highest BCUT2D eigenvalue weighted by Gasteiger charge is 2.09. The van der Waals surface area contributed by atoms with Gasteiger partial charge in [-0.2, -0.15) is 0 Å². The van der Waals surface area contributed by atoms with Gasteiger partial charge in [0.1, 0.15) is 24.0 Å². The molecule has 0 saturated heterocycles. The second-order valence-electron chi connectivity index (χ2n) is 4.39. The van der Waals surface area contributed by atoms with Gasteiger partial charge in [0.05, 0.1) is 0 Å². The molecule has 2 rings (SSSR count). The van der Waals surface area contributed by atoms with Crippen LogP contribution in [0.15, 0.2) is 42.5 Å². The quantitative estimate of drug-likeness (QED) is 0.915. The Labute approximate surface area is 110 Å². The summed E-state index contributed by atoms with van der Waals surface area (Å²) in [7, 11) is 0. The van der Waals surface area contributed by atoms with Gasteiger partial charge in [-0.15, -0.1) is 0 Å². The van der Waals surface area contributed by atoms with Crippen LogP contribution in [0.25, 0.3) is 0 Å². The summed E-state index contributed by atoms with van der Waals surface area (Å²) in [6.45, 7) is 2.05. The maximum atomic E-state index is 13.2. The average molecular weight is 263 g/mol. The van der Waals surface area contributed by atoms with Gasteiger partial charge in [0.2, 0.25) is 0 Å². The first kappa shape index (κ1) is 13.5. The number of rotatable bonds is 4. The van der Waals surface area contributed by atoms with Gasteiger partial charge in [0.25, 0.3) is 0 Å². The van der Waals surface area contributed by atoms with E-state index in [-0.39, 0.29) is 24.3 Å². The highest BCUT2D eigenvalue weighted by atomic mass is 19.1. The zero-order valence-corrected chi connectivity index (χ0v) is 10.6. The molecule has 0 bridgehead atoms. The van der Waals surface area contributed by atoms with E-state index < -0.39 is 0 Å². The van der Waals surface area contributed by atoms with Gasteiger partial charge in [0, 0.05) is 11.6 Å². The molecule has 0 aliphatic rings. The van der Waals surface area contributed by atoms with E-state index in [4.69, 9.17) is 10.5 Å². The maximum absolute atomic E-state index is 13.2. The Morgan fingerprint density at radius 1 is 1.05 bits per heavy atom. The van der Waals surface area contributed by atoms with Crippen LogP contribution in [-0.4, -0.2) is 0 Å². The number of benzene rings is 2. The molecule has 19 heavy (non-hydrogen) atoms. The van der Waals surface area contributed by atoms with Gasteiger partial charge in [-0.05, 0) is 42.8 Å². The lowest BCUT2D eigenvalue weighted by Crippen LogP contribution is -2.08. The lowest BCUT2D eigenvalue weighted by atomic mass is 10.1. The third kappa shape index (κ3) is 3.51. The molecule has 2 aromatic rings. The molecule has 1 atom stereocenters. The van der Waals surface area contributed by atoms with E-state index in [0.717, 1.165) is 5.56 Å². The standard InChI is InChI=1S/C15H15F2NO/c1-10(18)14-8-13(17)6-7-15(14)19-9-11-2-4-12(16)5-3-11/h2-8,10H,9,18H2,1H3/t10-/m0/s1. The predicted molar refractivity (Wildman–Crippen MR) is 69.7 cm³/mol. The first-order valence-corrected chi connectivity index (χ1v) is 5.98. The lowest BCUT2D eigenvalue weighted by molar-refractivity contribution is 0.300. The minimum absolute atomic E-state index is 0.283. The van der Waals surface area contributed by atoms with Crippen LogP contribution in [0.4, 0.5) is 8.78 Å². The highest BCUT2D eigenvalue weighted by molar-refractivity contribution is 5.36.